The Kier molecular flexibility index (Phi) is 5.58. The molecule has 0 spiro atoms. The molecule has 1 rings (SSSR count). The molecule has 1 aliphatic carbocycles. The van der Waals surface area contributed by atoms with Crippen molar-refractivity contribution in [2.24, 2.45) is 23.7 Å². The molecule has 4 heteroatoms. The van der Waals surface area contributed by atoms with Crippen LogP contribution < -0.4 is 0 Å². The molecule has 0 aromatic rings. The van der Waals surface area contributed by atoms with Crippen molar-refractivity contribution in [2.45, 2.75) is 46.5 Å². The third-order valence-electron chi connectivity index (χ3n) is 4.25. The van der Waals surface area contributed by atoms with E-state index in [0.29, 0.717) is 30.1 Å². The summed E-state index contributed by atoms with van der Waals surface area (Å²) in [6.45, 7) is 6.59. The Hall–Kier alpha value is -1.32. The van der Waals surface area contributed by atoms with E-state index in [2.05, 4.69) is 20.8 Å². The van der Waals surface area contributed by atoms with Crippen LogP contribution >= 0.6 is 0 Å². The van der Waals surface area contributed by atoms with Crippen LogP contribution in [-0.4, -0.2) is 22.2 Å². The van der Waals surface area contributed by atoms with Gasteiger partial charge in [0.2, 0.25) is 0 Å². The Morgan fingerprint density at radius 3 is 2.26 bits per heavy atom. The zero-order valence-electron chi connectivity index (χ0n) is 11.9. The minimum Gasteiger partial charge on any atom is -0.477 e. The van der Waals surface area contributed by atoms with Crippen LogP contribution in [0.3, 0.4) is 0 Å². The monoisotopic (exact) mass is 268 g/mol. The molecule has 0 amide bonds. The van der Waals surface area contributed by atoms with Gasteiger partial charge in [-0.1, -0.05) is 33.3 Å². The lowest BCUT2D eigenvalue weighted by molar-refractivity contribution is -0.140. The first-order valence-electron chi connectivity index (χ1n) is 6.99. The number of allylic oxidation sites excluding steroid dienone is 1. The lowest BCUT2D eigenvalue weighted by Crippen LogP contribution is -2.27. The Balaban J connectivity index is 2.78. The first-order chi connectivity index (χ1) is 8.82. The van der Waals surface area contributed by atoms with Crippen molar-refractivity contribution in [1.82, 2.24) is 0 Å². The second-order valence-corrected chi connectivity index (χ2v) is 6.05. The van der Waals surface area contributed by atoms with Crippen LogP contribution in [0.5, 0.6) is 0 Å². The smallest absolute Gasteiger partial charge is 0.342 e. The van der Waals surface area contributed by atoms with E-state index in [1.54, 1.807) is 0 Å². The molecule has 19 heavy (non-hydrogen) atoms. The van der Waals surface area contributed by atoms with Gasteiger partial charge in [-0.05, 0) is 42.9 Å². The molecule has 0 aromatic carbocycles. The molecule has 0 aromatic heterocycles. The largest absolute Gasteiger partial charge is 0.477 e. The first kappa shape index (κ1) is 15.7. The van der Waals surface area contributed by atoms with Crippen LogP contribution in [0.25, 0.3) is 0 Å². The molecule has 0 saturated heterocycles. The fourth-order valence-corrected chi connectivity index (χ4v) is 3.21. The molecule has 4 nitrogen and oxygen atoms in total. The summed E-state index contributed by atoms with van der Waals surface area (Å²) in [5.41, 5.74) is -0.499. The van der Waals surface area contributed by atoms with Crippen molar-refractivity contribution in [3.63, 3.8) is 0 Å². The van der Waals surface area contributed by atoms with Crippen molar-refractivity contribution in [3.05, 3.63) is 11.6 Å². The number of carboxylic acids is 2. The van der Waals surface area contributed by atoms with E-state index in [0.717, 1.165) is 12.8 Å². The van der Waals surface area contributed by atoms with Gasteiger partial charge < -0.3 is 10.2 Å². The molecule has 2 N–H and O–H groups in total. The average molecular weight is 268 g/mol. The molecule has 1 saturated carbocycles. The zero-order valence-corrected chi connectivity index (χ0v) is 11.9. The second-order valence-electron chi connectivity index (χ2n) is 6.05. The summed E-state index contributed by atoms with van der Waals surface area (Å²) in [6, 6.07) is 0. The standard InChI is InChI=1S/C15H24O4/c1-9(2)12-6-4-10(3)8-11(12)5-7-13(14(16)17)15(18)19/h7,9-12H,4-6,8H2,1-3H3,(H,16,17)(H,18,19). The van der Waals surface area contributed by atoms with E-state index in [1.165, 1.54) is 12.5 Å². The number of aliphatic carboxylic acids is 2. The third kappa shape index (κ3) is 4.37. The Bertz CT molecular complexity index is 354. The summed E-state index contributed by atoms with van der Waals surface area (Å²) < 4.78 is 0. The van der Waals surface area contributed by atoms with Crippen LogP contribution in [0.15, 0.2) is 11.6 Å². The van der Waals surface area contributed by atoms with E-state index < -0.39 is 17.5 Å². The molecular weight excluding hydrogens is 244 g/mol. The van der Waals surface area contributed by atoms with Crippen molar-refractivity contribution < 1.29 is 19.8 Å². The van der Waals surface area contributed by atoms with Gasteiger partial charge in [-0.2, -0.15) is 0 Å². The summed E-state index contributed by atoms with van der Waals surface area (Å²) in [7, 11) is 0. The maximum absolute atomic E-state index is 10.8. The third-order valence-corrected chi connectivity index (χ3v) is 4.25. The molecule has 3 atom stereocenters. The highest BCUT2D eigenvalue weighted by atomic mass is 16.4. The van der Waals surface area contributed by atoms with E-state index in [1.807, 2.05) is 0 Å². The van der Waals surface area contributed by atoms with E-state index in [4.69, 9.17) is 10.2 Å². The van der Waals surface area contributed by atoms with Gasteiger partial charge in [0.15, 0.2) is 0 Å². The molecule has 0 aliphatic heterocycles. The van der Waals surface area contributed by atoms with Gasteiger partial charge in [0.25, 0.3) is 0 Å². The summed E-state index contributed by atoms with van der Waals surface area (Å²) in [5.74, 6) is -0.529. The fraction of sp³-hybridized carbons (Fsp3) is 0.733. The Morgan fingerprint density at radius 2 is 1.79 bits per heavy atom. The summed E-state index contributed by atoms with van der Waals surface area (Å²) in [4.78, 5) is 21.7. The SMILES string of the molecule is CC1CCC(C(C)C)C(CC=C(C(=O)O)C(=O)O)C1. The van der Waals surface area contributed by atoms with Gasteiger partial charge in [0.1, 0.15) is 5.57 Å². The first-order valence-corrected chi connectivity index (χ1v) is 6.99. The number of carbonyl (C=O) groups is 2. The highest BCUT2D eigenvalue weighted by molar-refractivity contribution is 6.12. The quantitative estimate of drug-likeness (QED) is 0.456. The highest BCUT2D eigenvalue weighted by Crippen LogP contribution is 2.40. The van der Waals surface area contributed by atoms with Gasteiger partial charge in [-0.25, -0.2) is 9.59 Å². The molecule has 0 radical (unpaired) electrons. The van der Waals surface area contributed by atoms with Gasteiger partial charge in [0.05, 0.1) is 0 Å². The molecule has 108 valence electrons. The molecular formula is C15H24O4. The Morgan fingerprint density at radius 1 is 1.21 bits per heavy atom. The normalized spacial score (nSPS) is 27.1. The van der Waals surface area contributed by atoms with Crippen LogP contribution in [0.4, 0.5) is 0 Å². The second kappa shape index (κ2) is 6.73. The highest BCUT2D eigenvalue weighted by Gasteiger charge is 2.30. The molecule has 1 aliphatic rings. The van der Waals surface area contributed by atoms with Crippen LogP contribution in [0.1, 0.15) is 46.5 Å². The number of rotatable bonds is 5. The predicted octanol–water partition coefficient (Wildman–Crippen LogP) is 3.18. The topological polar surface area (TPSA) is 74.6 Å². The molecule has 0 bridgehead atoms. The van der Waals surface area contributed by atoms with E-state index in [-0.39, 0.29) is 0 Å². The van der Waals surface area contributed by atoms with Crippen molar-refractivity contribution in [2.75, 3.05) is 0 Å². The van der Waals surface area contributed by atoms with Crippen molar-refractivity contribution in [1.29, 1.82) is 0 Å². The van der Waals surface area contributed by atoms with Crippen LogP contribution in [0, 0.1) is 23.7 Å². The minimum atomic E-state index is -1.35. The summed E-state index contributed by atoms with van der Waals surface area (Å²) in [6.07, 6.45) is 5.39. The van der Waals surface area contributed by atoms with Crippen molar-refractivity contribution in [3.8, 4) is 0 Å². The van der Waals surface area contributed by atoms with Gasteiger partial charge >= 0.3 is 11.9 Å². The van der Waals surface area contributed by atoms with Gasteiger partial charge in [-0.3, -0.25) is 0 Å². The lowest BCUT2D eigenvalue weighted by Gasteiger charge is -2.37. The number of hydrogen-bond acceptors (Lipinski definition) is 2. The Labute approximate surface area is 114 Å². The lowest BCUT2D eigenvalue weighted by atomic mass is 9.69. The minimum absolute atomic E-state index is 0.400. The van der Waals surface area contributed by atoms with Gasteiger partial charge in [-0.15, -0.1) is 0 Å². The van der Waals surface area contributed by atoms with Crippen LogP contribution in [-0.2, 0) is 9.59 Å². The average Bonchev–Trinajstić information content (AvgIpc) is 2.27. The summed E-state index contributed by atoms with van der Waals surface area (Å²) >= 11 is 0. The van der Waals surface area contributed by atoms with E-state index in [9.17, 15) is 9.59 Å². The van der Waals surface area contributed by atoms with E-state index >= 15 is 0 Å². The zero-order chi connectivity index (χ0) is 14.6. The number of hydrogen-bond donors (Lipinski definition) is 2. The summed E-state index contributed by atoms with van der Waals surface area (Å²) in [5, 5.41) is 17.7. The molecule has 0 heterocycles. The maximum Gasteiger partial charge on any atom is 0.342 e. The predicted molar refractivity (Wildman–Crippen MR) is 72.8 cm³/mol. The van der Waals surface area contributed by atoms with Crippen LogP contribution in [0.2, 0.25) is 0 Å². The fourth-order valence-electron chi connectivity index (χ4n) is 3.21. The van der Waals surface area contributed by atoms with Gasteiger partial charge in [0, 0.05) is 0 Å². The molecule has 1 fully saturated rings. The molecule has 3 unspecified atom stereocenters. The van der Waals surface area contributed by atoms with Crippen molar-refractivity contribution >= 4 is 11.9 Å². The number of carboxylic acid groups (broad SMARTS) is 2. The maximum atomic E-state index is 10.8.